The molecule has 2 rings (SSSR count). The average molecular weight is 414 g/mol. The topological polar surface area (TPSA) is 95.4 Å². The number of halogens is 2. The lowest BCUT2D eigenvalue weighted by Gasteiger charge is -2.23. The molecule has 0 aliphatic rings. The summed E-state index contributed by atoms with van der Waals surface area (Å²) in [5.41, 5.74) is 0.526. The summed E-state index contributed by atoms with van der Waals surface area (Å²) in [7, 11) is 3.88. The van der Waals surface area contributed by atoms with Crippen molar-refractivity contribution < 1.29 is 9.72 Å². The highest BCUT2D eigenvalue weighted by Crippen LogP contribution is 2.25. The third-order valence-corrected chi connectivity index (χ3v) is 4.72. The van der Waals surface area contributed by atoms with Gasteiger partial charge in [-0.2, -0.15) is 5.10 Å². The average Bonchev–Trinajstić information content (AvgIpc) is 2.98. The first-order chi connectivity index (χ1) is 12.7. The first-order valence-corrected chi connectivity index (χ1v) is 9.03. The van der Waals surface area contributed by atoms with Crippen LogP contribution < -0.4 is 0 Å². The molecule has 0 aliphatic heterocycles. The van der Waals surface area contributed by atoms with Crippen LogP contribution >= 0.6 is 23.2 Å². The standard InChI is InChI=1S/C17H21Cl2N5O3/c1-11-16(24(26)27)15(21-20-11)17(25)23(8-4-7-22(2)3)10-12-5-6-13(18)14(19)9-12/h5-6,9H,4,7-8,10H2,1-3H3,(H,20,21). The molecule has 8 nitrogen and oxygen atoms in total. The summed E-state index contributed by atoms with van der Waals surface area (Å²) < 4.78 is 0. The molecule has 2 aromatic rings. The number of aromatic nitrogens is 2. The zero-order valence-corrected chi connectivity index (χ0v) is 16.8. The highest BCUT2D eigenvalue weighted by molar-refractivity contribution is 6.42. The van der Waals surface area contributed by atoms with Crippen LogP contribution in [0.15, 0.2) is 18.2 Å². The normalized spacial score (nSPS) is 11.0. The molecule has 1 aromatic carbocycles. The molecular weight excluding hydrogens is 393 g/mol. The minimum atomic E-state index is -0.594. The molecule has 146 valence electrons. The van der Waals surface area contributed by atoms with E-state index >= 15 is 0 Å². The predicted molar refractivity (Wildman–Crippen MR) is 104 cm³/mol. The molecule has 0 saturated carbocycles. The molecule has 0 radical (unpaired) electrons. The van der Waals surface area contributed by atoms with Gasteiger partial charge in [-0.05, 0) is 51.7 Å². The van der Waals surface area contributed by atoms with Gasteiger partial charge < -0.3 is 9.80 Å². The van der Waals surface area contributed by atoms with Crippen LogP contribution in [-0.2, 0) is 6.54 Å². The summed E-state index contributed by atoms with van der Waals surface area (Å²) in [6.45, 7) is 2.94. The minimum absolute atomic E-state index is 0.192. The minimum Gasteiger partial charge on any atom is -0.333 e. The van der Waals surface area contributed by atoms with Crippen molar-refractivity contribution in [3.8, 4) is 0 Å². The van der Waals surface area contributed by atoms with Gasteiger partial charge in [-0.25, -0.2) is 0 Å². The second kappa shape index (κ2) is 9.16. The molecule has 27 heavy (non-hydrogen) atoms. The fourth-order valence-electron chi connectivity index (χ4n) is 2.63. The van der Waals surface area contributed by atoms with E-state index in [2.05, 4.69) is 10.2 Å². The van der Waals surface area contributed by atoms with Gasteiger partial charge in [0.2, 0.25) is 5.69 Å². The molecule has 0 bridgehead atoms. The monoisotopic (exact) mass is 413 g/mol. The Bertz CT molecular complexity index is 838. The number of carbonyl (C=O) groups excluding carboxylic acids is 1. The molecule has 1 amide bonds. The van der Waals surface area contributed by atoms with E-state index in [4.69, 9.17) is 23.2 Å². The summed E-state index contributed by atoms with van der Waals surface area (Å²) in [5.74, 6) is -0.504. The quantitative estimate of drug-likeness (QED) is 0.527. The number of hydrogen-bond donors (Lipinski definition) is 1. The van der Waals surface area contributed by atoms with Gasteiger partial charge in [0.25, 0.3) is 5.91 Å². The summed E-state index contributed by atoms with van der Waals surface area (Å²) in [6.07, 6.45) is 0.706. The van der Waals surface area contributed by atoms with Crippen molar-refractivity contribution in [1.82, 2.24) is 20.0 Å². The number of benzene rings is 1. The van der Waals surface area contributed by atoms with Gasteiger partial charge in [-0.1, -0.05) is 29.3 Å². The van der Waals surface area contributed by atoms with Crippen LogP contribution in [0.1, 0.15) is 28.2 Å². The van der Waals surface area contributed by atoms with Crippen molar-refractivity contribution in [3.05, 3.63) is 55.3 Å². The van der Waals surface area contributed by atoms with E-state index in [1.165, 1.54) is 11.8 Å². The predicted octanol–water partition coefficient (Wildman–Crippen LogP) is 3.53. The number of rotatable bonds is 8. The Kier molecular flexibility index (Phi) is 7.18. The van der Waals surface area contributed by atoms with Crippen LogP contribution in [0.2, 0.25) is 10.0 Å². The Hall–Kier alpha value is -2.16. The Morgan fingerprint density at radius 2 is 1.96 bits per heavy atom. The van der Waals surface area contributed by atoms with Crippen molar-refractivity contribution in [1.29, 1.82) is 0 Å². The fraction of sp³-hybridized carbons (Fsp3) is 0.412. The molecular formula is C17H21Cl2N5O3. The SMILES string of the molecule is Cc1[nH]nc(C(=O)N(CCCN(C)C)Cc2ccc(Cl)c(Cl)c2)c1[N+](=O)[O-]. The van der Waals surface area contributed by atoms with E-state index in [0.717, 1.165) is 12.1 Å². The lowest BCUT2D eigenvalue weighted by molar-refractivity contribution is -0.385. The maximum absolute atomic E-state index is 13.0. The Morgan fingerprint density at radius 3 is 2.56 bits per heavy atom. The van der Waals surface area contributed by atoms with Gasteiger partial charge in [-0.3, -0.25) is 20.0 Å². The van der Waals surface area contributed by atoms with E-state index in [0.29, 0.717) is 23.0 Å². The van der Waals surface area contributed by atoms with Crippen LogP contribution in [0.5, 0.6) is 0 Å². The maximum atomic E-state index is 13.0. The van der Waals surface area contributed by atoms with Crippen molar-refractivity contribution in [2.24, 2.45) is 0 Å². The second-order valence-corrected chi connectivity index (χ2v) is 7.25. The summed E-state index contributed by atoms with van der Waals surface area (Å²) >= 11 is 12.0. The molecule has 0 atom stereocenters. The summed E-state index contributed by atoms with van der Waals surface area (Å²) in [6, 6.07) is 5.10. The Labute approximate surface area is 167 Å². The molecule has 0 aliphatic carbocycles. The summed E-state index contributed by atoms with van der Waals surface area (Å²) in [5, 5.41) is 18.5. The number of aromatic amines is 1. The van der Waals surface area contributed by atoms with Gasteiger partial charge in [-0.15, -0.1) is 0 Å². The van der Waals surface area contributed by atoms with E-state index in [9.17, 15) is 14.9 Å². The number of nitrogens with zero attached hydrogens (tertiary/aromatic N) is 4. The van der Waals surface area contributed by atoms with Crippen LogP contribution in [0, 0.1) is 17.0 Å². The highest BCUT2D eigenvalue weighted by Gasteiger charge is 2.30. The lowest BCUT2D eigenvalue weighted by atomic mass is 10.2. The first kappa shape index (κ1) is 21.1. The Morgan fingerprint density at radius 1 is 1.26 bits per heavy atom. The molecule has 10 heteroatoms. The largest absolute Gasteiger partial charge is 0.333 e. The van der Waals surface area contributed by atoms with Crippen molar-refractivity contribution in [3.63, 3.8) is 0 Å². The number of nitrogens with one attached hydrogen (secondary N) is 1. The van der Waals surface area contributed by atoms with E-state index < -0.39 is 10.8 Å². The first-order valence-electron chi connectivity index (χ1n) is 8.28. The highest BCUT2D eigenvalue weighted by atomic mass is 35.5. The number of nitro groups is 1. The van der Waals surface area contributed by atoms with Crippen LogP contribution in [-0.4, -0.2) is 58.0 Å². The van der Waals surface area contributed by atoms with Crippen molar-refractivity contribution in [2.45, 2.75) is 19.9 Å². The fourth-order valence-corrected chi connectivity index (χ4v) is 2.95. The smallest absolute Gasteiger partial charge is 0.322 e. The zero-order valence-electron chi connectivity index (χ0n) is 15.3. The van der Waals surface area contributed by atoms with Gasteiger partial charge in [0.15, 0.2) is 0 Å². The third-order valence-electron chi connectivity index (χ3n) is 3.98. The molecule has 0 unspecified atom stereocenters. The van der Waals surface area contributed by atoms with E-state index in [-0.39, 0.29) is 23.6 Å². The van der Waals surface area contributed by atoms with Crippen molar-refractivity contribution in [2.75, 3.05) is 27.2 Å². The van der Waals surface area contributed by atoms with E-state index in [1.807, 2.05) is 19.0 Å². The van der Waals surface area contributed by atoms with E-state index in [1.54, 1.807) is 18.2 Å². The number of amides is 1. The van der Waals surface area contributed by atoms with Crippen LogP contribution in [0.4, 0.5) is 5.69 Å². The molecule has 0 spiro atoms. The number of carbonyl (C=O) groups is 1. The van der Waals surface area contributed by atoms with Crippen LogP contribution in [0.25, 0.3) is 0 Å². The Balaban J connectivity index is 2.29. The molecule has 0 saturated heterocycles. The van der Waals surface area contributed by atoms with Gasteiger partial charge in [0.1, 0.15) is 5.69 Å². The molecule has 1 N–H and O–H groups in total. The zero-order chi connectivity index (χ0) is 20.1. The van der Waals surface area contributed by atoms with Gasteiger partial charge >= 0.3 is 5.69 Å². The number of hydrogen-bond acceptors (Lipinski definition) is 5. The van der Waals surface area contributed by atoms with Crippen LogP contribution in [0.3, 0.4) is 0 Å². The lowest BCUT2D eigenvalue weighted by Crippen LogP contribution is -2.33. The third kappa shape index (κ3) is 5.41. The number of aryl methyl sites for hydroxylation is 1. The van der Waals surface area contributed by atoms with Gasteiger partial charge in [0, 0.05) is 13.1 Å². The van der Waals surface area contributed by atoms with Gasteiger partial charge in [0.05, 0.1) is 15.0 Å². The molecule has 1 heterocycles. The second-order valence-electron chi connectivity index (χ2n) is 6.43. The number of H-pyrrole nitrogens is 1. The molecule has 0 fully saturated rings. The maximum Gasteiger partial charge on any atom is 0.322 e. The molecule has 1 aromatic heterocycles. The van der Waals surface area contributed by atoms with Crippen molar-refractivity contribution >= 4 is 34.8 Å². The summed E-state index contributed by atoms with van der Waals surface area (Å²) in [4.78, 5) is 27.2.